The summed E-state index contributed by atoms with van der Waals surface area (Å²) in [5, 5.41) is 0. The molecule has 1 amide bonds. The van der Waals surface area contributed by atoms with E-state index in [0.717, 1.165) is 36.1 Å². The summed E-state index contributed by atoms with van der Waals surface area (Å²) in [4.78, 5) is 15.2. The summed E-state index contributed by atoms with van der Waals surface area (Å²) in [6.07, 6.45) is 2.55. The number of piperidine rings is 1. The molecule has 1 saturated heterocycles. The first-order valence-electron chi connectivity index (χ1n) is 9.50. The fraction of sp³-hybridized carbons (Fsp3) is 0.208. The predicted molar refractivity (Wildman–Crippen MR) is 109 cm³/mol. The summed E-state index contributed by atoms with van der Waals surface area (Å²) in [6.45, 7) is 0.734. The van der Waals surface area contributed by atoms with Crippen LogP contribution in [-0.2, 0) is 10.3 Å². The zero-order valence-corrected chi connectivity index (χ0v) is 15.3. The van der Waals surface area contributed by atoms with Gasteiger partial charge in [-0.2, -0.15) is 0 Å². The van der Waals surface area contributed by atoms with E-state index in [1.807, 2.05) is 54.6 Å². The molecular formula is C24H24N2O. The standard InChI is InChI=1S/C24H24N2O/c25-22-15-9-14-21(18-22)24(19-10-3-1-4-11-19,20-12-5-2-6-13-20)26-17-8-7-16-23(26)27/h1-6,9-15,18H,7-8,16-17,25H2. The highest BCUT2D eigenvalue weighted by Gasteiger charge is 2.45. The van der Waals surface area contributed by atoms with Gasteiger partial charge >= 0.3 is 0 Å². The third-order valence-corrected chi connectivity index (χ3v) is 5.42. The number of nitrogen functional groups attached to an aromatic ring is 1. The van der Waals surface area contributed by atoms with Crippen LogP contribution in [0.1, 0.15) is 36.0 Å². The molecule has 0 atom stereocenters. The van der Waals surface area contributed by atoms with Crippen LogP contribution in [0.5, 0.6) is 0 Å². The van der Waals surface area contributed by atoms with Crippen molar-refractivity contribution in [2.24, 2.45) is 0 Å². The van der Waals surface area contributed by atoms with Crippen molar-refractivity contribution < 1.29 is 4.79 Å². The molecular weight excluding hydrogens is 332 g/mol. The first-order valence-corrected chi connectivity index (χ1v) is 9.50. The first-order chi connectivity index (χ1) is 13.2. The molecule has 3 heteroatoms. The SMILES string of the molecule is Nc1cccc(C(c2ccccc2)(c2ccccc2)N2CCCCC2=O)c1. The topological polar surface area (TPSA) is 46.3 Å². The number of hydrogen-bond donors (Lipinski definition) is 1. The molecule has 1 heterocycles. The largest absolute Gasteiger partial charge is 0.399 e. The van der Waals surface area contributed by atoms with Crippen molar-refractivity contribution in [1.29, 1.82) is 0 Å². The number of nitrogens with two attached hydrogens (primary N) is 1. The van der Waals surface area contributed by atoms with Crippen LogP contribution in [-0.4, -0.2) is 17.4 Å². The van der Waals surface area contributed by atoms with Gasteiger partial charge in [-0.15, -0.1) is 0 Å². The van der Waals surface area contributed by atoms with E-state index in [2.05, 4.69) is 35.2 Å². The second-order valence-corrected chi connectivity index (χ2v) is 7.07. The van der Waals surface area contributed by atoms with Gasteiger partial charge in [-0.25, -0.2) is 0 Å². The van der Waals surface area contributed by atoms with Crippen molar-refractivity contribution in [2.45, 2.75) is 24.8 Å². The third kappa shape index (κ3) is 2.99. The van der Waals surface area contributed by atoms with E-state index in [1.54, 1.807) is 0 Å². The van der Waals surface area contributed by atoms with Gasteiger partial charge in [0.05, 0.1) is 0 Å². The maximum Gasteiger partial charge on any atom is 0.223 e. The summed E-state index contributed by atoms with van der Waals surface area (Å²) in [5.41, 5.74) is 9.37. The van der Waals surface area contributed by atoms with E-state index < -0.39 is 5.54 Å². The average Bonchev–Trinajstić information content (AvgIpc) is 2.72. The number of amides is 1. The lowest BCUT2D eigenvalue weighted by molar-refractivity contribution is -0.137. The number of benzene rings is 3. The van der Waals surface area contributed by atoms with Crippen molar-refractivity contribution in [2.75, 3.05) is 12.3 Å². The van der Waals surface area contributed by atoms with Gasteiger partial charge in [0.2, 0.25) is 5.91 Å². The molecule has 1 aliphatic heterocycles. The minimum absolute atomic E-state index is 0.191. The van der Waals surface area contributed by atoms with E-state index >= 15 is 0 Å². The lowest BCUT2D eigenvalue weighted by Gasteiger charge is -2.47. The lowest BCUT2D eigenvalue weighted by Crippen LogP contribution is -2.53. The van der Waals surface area contributed by atoms with Crippen LogP contribution in [0.4, 0.5) is 5.69 Å². The minimum atomic E-state index is -0.685. The monoisotopic (exact) mass is 356 g/mol. The Bertz CT molecular complexity index is 882. The van der Waals surface area contributed by atoms with Crippen LogP contribution in [0.15, 0.2) is 84.9 Å². The molecule has 3 nitrogen and oxygen atoms in total. The molecule has 0 radical (unpaired) electrons. The molecule has 0 spiro atoms. The van der Waals surface area contributed by atoms with E-state index in [4.69, 9.17) is 5.73 Å². The van der Waals surface area contributed by atoms with Gasteiger partial charge in [-0.05, 0) is 41.7 Å². The second kappa shape index (κ2) is 7.28. The van der Waals surface area contributed by atoms with Crippen LogP contribution < -0.4 is 5.73 Å². The molecule has 1 aliphatic rings. The highest BCUT2D eigenvalue weighted by molar-refractivity contribution is 5.80. The number of nitrogens with zero attached hydrogens (tertiary/aromatic N) is 1. The Morgan fingerprint density at radius 3 is 1.89 bits per heavy atom. The van der Waals surface area contributed by atoms with Crippen LogP contribution >= 0.6 is 0 Å². The third-order valence-electron chi connectivity index (χ3n) is 5.42. The Morgan fingerprint density at radius 2 is 1.33 bits per heavy atom. The van der Waals surface area contributed by atoms with Crippen molar-refractivity contribution >= 4 is 11.6 Å². The van der Waals surface area contributed by atoms with Crippen molar-refractivity contribution in [3.05, 3.63) is 102 Å². The van der Waals surface area contributed by atoms with Crippen molar-refractivity contribution in [3.63, 3.8) is 0 Å². The fourth-order valence-corrected chi connectivity index (χ4v) is 4.25. The van der Waals surface area contributed by atoms with E-state index in [0.29, 0.717) is 12.1 Å². The van der Waals surface area contributed by atoms with Gasteiger partial charge in [0.15, 0.2) is 0 Å². The van der Waals surface area contributed by atoms with Crippen LogP contribution in [0.25, 0.3) is 0 Å². The molecule has 0 unspecified atom stereocenters. The van der Waals surface area contributed by atoms with Gasteiger partial charge < -0.3 is 10.6 Å². The number of rotatable bonds is 4. The minimum Gasteiger partial charge on any atom is -0.399 e. The molecule has 0 bridgehead atoms. The van der Waals surface area contributed by atoms with E-state index in [9.17, 15) is 4.79 Å². The fourth-order valence-electron chi connectivity index (χ4n) is 4.25. The maximum atomic E-state index is 13.1. The van der Waals surface area contributed by atoms with E-state index in [1.165, 1.54) is 0 Å². The Kier molecular flexibility index (Phi) is 4.68. The predicted octanol–water partition coefficient (Wildman–Crippen LogP) is 4.57. The van der Waals surface area contributed by atoms with Gasteiger partial charge in [0.25, 0.3) is 0 Å². The smallest absolute Gasteiger partial charge is 0.223 e. The summed E-state index contributed by atoms with van der Waals surface area (Å²) in [7, 11) is 0. The second-order valence-electron chi connectivity index (χ2n) is 7.07. The van der Waals surface area contributed by atoms with Crippen molar-refractivity contribution in [3.8, 4) is 0 Å². The van der Waals surface area contributed by atoms with Crippen LogP contribution in [0.3, 0.4) is 0 Å². The highest BCUT2D eigenvalue weighted by atomic mass is 16.2. The number of likely N-dealkylation sites (tertiary alicyclic amines) is 1. The molecule has 27 heavy (non-hydrogen) atoms. The van der Waals surface area contributed by atoms with Gasteiger partial charge in [0.1, 0.15) is 5.54 Å². The molecule has 3 aromatic carbocycles. The lowest BCUT2D eigenvalue weighted by atomic mass is 9.74. The maximum absolute atomic E-state index is 13.1. The molecule has 0 aromatic heterocycles. The summed E-state index contributed by atoms with van der Waals surface area (Å²) >= 11 is 0. The summed E-state index contributed by atoms with van der Waals surface area (Å²) < 4.78 is 0. The molecule has 3 aromatic rings. The quantitative estimate of drug-likeness (QED) is 0.550. The highest BCUT2D eigenvalue weighted by Crippen LogP contribution is 2.44. The number of carbonyl (C=O) groups is 1. The zero-order valence-electron chi connectivity index (χ0n) is 15.3. The molecule has 136 valence electrons. The van der Waals surface area contributed by atoms with Gasteiger partial charge in [-0.1, -0.05) is 72.8 Å². The normalized spacial score (nSPS) is 15.0. The Labute approximate surface area is 160 Å². The molecule has 4 rings (SSSR count). The van der Waals surface area contributed by atoms with Crippen LogP contribution in [0.2, 0.25) is 0 Å². The molecule has 0 aliphatic carbocycles. The Balaban J connectivity index is 2.07. The number of carbonyl (C=O) groups excluding carboxylic acids is 1. The summed E-state index contributed by atoms with van der Waals surface area (Å²) in [6, 6.07) is 28.5. The van der Waals surface area contributed by atoms with Gasteiger partial charge in [-0.3, -0.25) is 4.79 Å². The van der Waals surface area contributed by atoms with Gasteiger partial charge in [0, 0.05) is 18.7 Å². The van der Waals surface area contributed by atoms with Crippen molar-refractivity contribution in [1.82, 2.24) is 4.90 Å². The number of anilines is 1. The van der Waals surface area contributed by atoms with E-state index in [-0.39, 0.29) is 5.91 Å². The zero-order chi connectivity index (χ0) is 18.7. The first kappa shape index (κ1) is 17.3. The Morgan fingerprint density at radius 1 is 0.741 bits per heavy atom. The average molecular weight is 356 g/mol. The summed E-state index contributed by atoms with van der Waals surface area (Å²) in [5.74, 6) is 0.191. The van der Waals surface area contributed by atoms with Crippen LogP contribution in [0, 0.1) is 0 Å². The number of hydrogen-bond acceptors (Lipinski definition) is 2. The molecule has 0 saturated carbocycles. The molecule has 2 N–H and O–H groups in total. The Hall–Kier alpha value is -3.07. The molecule has 1 fully saturated rings.